The average molecular weight is 155 g/mol. The summed E-state index contributed by atoms with van der Waals surface area (Å²) in [4.78, 5) is 1.74. The van der Waals surface area contributed by atoms with E-state index in [1.165, 1.54) is 0 Å². The van der Waals surface area contributed by atoms with Gasteiger partial charge >= 0.3 is 0 Å². The van der Waals surface area contributed by atoms with E-state index >= 15 is 0 Å². The second-order valence-corrected chi connectivity index (χ2v) is 1.92. The molecule has 64 valence electrons. The highest BCUT2D eigenvalue weighted by molar-refractivity contribution is 5.75. The first-order valence-corrected chi connectivity index (χ1v) is 3.81. The van der Waals surface area contributed by atoms with Crippen LogP contribution in [0.25, 0.3) is 0 Å². The average Bonchev–Trinajstić information content (AvgIpc) is 2.03. The van der Waals surface area contributed by atoms with Gasteiger partial charge < -0.3 is 4.90 Å². The SMILES string of the molecule is CC.CC(=N)N(C)CCC#N. The lowest BCUT2D eigenvalue weighted by atomic mass is 10.4. The fourth-order valence-electron chi connectivity index (χ4n) is 0.385. The van der Waals surface area contributed by atoms with E-state index in [2.05, 4.69) is 0 Å². The lowest BCUT2D eigenvalue weighted by Gasteiger charge is -2.13. The molecule has 0 aliphatic rings. The van der Waals surface area contributed by atoms with E-state index in [1.807, 2.05) is 19.9 Å². The Labute approximate surface area is 69.1 Å². The minimum absolute atomic E-state index is 0.493. The molecule has 0 aliphatic carbocycles. The molecule has 0 fully saturated rings. The van der Waals surface area contributed by atoms with Gasteiger partial charge in [-0.3, -0.25) is 5.41 Å². The highest BCUT2D eigenvalue weighted by atomic mass is 15.1. The van der Waals surface area contributed by atoms with E-state index in [-0.39, 0.29) is 0 Å². The van der Waals surface area contributed by atoms with Crippen LogP contribution in [0, 0.1) is 16.7 Å². The molecule has 0 aliphatic heterocycles. The van der Waals surface area contributed by atoms with Gasteiger partial charge in [0.05, 0.1) is 18.3 Å². The van der Waals surface area contributed by atoms with Crippen molar-refractivity contribution >= 4 is 5.84 Å². The third-order valence-electron chi connectivity index (χ3n) is 1.13. The summed E-state index contributed by atoms with van der Waals surface area (Å²) in [7, 11) is 1.81. The monoisotopic (exact) mass is 155 g/mol. The highest BCUT2D eigenvalue weighted by Gasteiger charge is 1.94. The topological polar surface area (TPSA) is 50.9 Å². The Bertz CT molecular complexity index is 135. The molecule has 0 aromatic rings. The van der Waals surface area contributed by atoms with Gasteiger partial charge in [0.25, 0.3) is 0 Å². The smallest absolute Gasteiger partial charge is 0.0923 e. The first kappa shape index (κ1) is 12.6. The summed E-state index contributed by atoms with van der Waals surface area (Å²) in [5, 5.41) is 15.2. The summed E-state index contributed by atoms with van der Waals surface area (Å²) in [6, 6.07) is 2.02. The minimum Gasteiger partial charge on any atom is -0.363 e. The number of nitrogens with one attached hydrogen (secondary N) is 1. The van der Waals surface area contributed by atoms with Crippen molar-refractivity contribution in [3.63, 3.8) is 0 Å². The maximum absolute atomic E-state index is 8.15. The molecule has 0 atom stereocenters. The van der Waals surface area contributed by atoms with Crippen molar-refractivity contribution in [3.8, 4) is 6.07 Å². The zero-order chi connectivity index (χ0) is 9.28. The van der Waals surface area contributed by atoms with Gasteiger partial charge in [-0.1, -0.05) is 13.8 Å². The van der Waals surface area contributed by atoms with Crippen LogP contribution in [0.15, 0.2) is 0 Å². The summed E-state index contributed by atoms with van der Waals surface area (Å²) in [5.41, 5.74) is 0. The van der Waals surface area contributed by atoms with E-state index in [0.717, 1.165) is 0 Å². The molecular formula is C8H17N3. The Balaban J connectivity index is 0. The number of hydrogen-bond acceptors (Lipinski definition) is 2. The summed E-state index contributed by atoms with van der Waals surface area (Å²) in [5.74, 6) is 0.505. The zero-order valence-electron chi connectivity index (χ0n) is 7.81. The van der Waals surface area contributed by atoms with Crippen LogP contribution < -0.4 is 0 Å². The molecule has 0 unspecified atom stereocenters. The van der Waals surface area contributed by atoms with Crippen LogP contribution >= 0.6 is 0 Å². The third kappa shape index (κ3) is 8.96. The molecule has 3 heteroatoms. The van der Waals surface area contributed by atoms with Crippen molar-refractivity contribution in [2.24, 2.45) is 0 Å². The number of nitriles is 1. The molecule has 0 aromatic heterocycles. The lowest BCUT2D eigenvalue weighted by Crippen LogP contribution is -2.23. The van der Waals surface area contributed by atoms with Crippen molar-refractivity contribution in [1.82, 2.24) is 4.90 Å². The van der Waals surface area contributed by atoms with E-state index in [1.54, 1.807) is 18.9 Å². The van der Waals surface area contributed by atoms with Crippen LogP contribution in [-0.2, 0) is 0 Å². The highest BCUT2D eigenvalue weighted by Crippen LogP contribution is 1.85. The van der Waals surface area contributed by atoms with Gasteiger partial charge in [-0.2, -0.15) is 5.26 Å². The molecule has 3 nitrogen and oxygen atoms in total. The molecule has 0 heterocycles. The van der Waals surface area contributed by atoms with Crippen LogP contribution in [0.1, 0.15) is 27.2 Å². The van der Waals surface area contributed by atoms with Gasteiger partial charge in [-0.05, 0) is 6.92 Å². The van der Waals surface area contributed by atoms with Crippen LogP contribution in [0.3, 0.4) is 0 Å². The van der Waals surface area contributed by atoms with Gasteiger partial charge in [-0.15, -0.1) is 0 Å². The Morgan fingerprint density at radius 1 is 1.55 bits per heavy atom. The normalized spacial score (nSPS) is 7.18. The second-order valence-electron chi connectivity index (χ2n) is 1.92. The molecule has 0 radical (unpaired) electrons. The Morgan fingerprint density at radius 2 is 2.00 bits per heavy atom. The summed E-state index contributed by atoms with van der Waals surface area (Å²) in [6.07, 6.45) is 0.493. The predicted octanol–water partition coefficient (Wildman–Crippen LogP) is 1.86. The molecule has 0 rings (SSSR count). The molecule has 0 saturated heterocycles. The fraction of sp³-hybridized carbons (Fsp3) is 0.750. The molecule has 0 saturated carbocycles. The van der Waals surface area contributed by atoms with Crippen molar-refractivity contribution in [3.05, 3.63) is 0 Å². The van der Waals surface area contributed by atoms with Gasteiger partial charge in [-0.25, -0.2) is 0 Å². The molecule has 1 N–H and O–H groups in total. The van der Waals surface area contributed by atoms with Crippen LogP contribution in [-0.4, -0.2) is 24.3 Å². The first-order valence-electron chi connectivity index (χ1n) is 3.81. The molecular weight excluding hydrogens is 138 g/mol. The molecule has 0 aromatic carbocycles. The van der Waals surface area contributed by atoms with E-state index < -0.39 is 0 Å². The van der Waals surface area contributed by atoms with E-state index in [0.29, 0.717) is 18.8 Å². The largest absolute Gasteiger partial charge is 0.363 e. The van der Waals surface area contributed by atoms with Crippen LogP contribution in [0.2, 0.25) is 0 Å². The maximum Gasteiger partial charge on any atom is 0.0923 e. The lowest BCUT2D eigenvalue weighted by molar-refractivity contribution is 0.509. The minimum atomic E-state index is 0.493. The molecule has 0 spiro atoms. The van der Waals surface area contributed by atoms with Gasteiger partial charge in [0.1, 0.15) is 0 Å². The Kier molecular flexibility index (Phi) is 10.3. The fourth-order valence-corrected chi connectivity index (χ4v) is 0.385. The van der Waals surface area contributed by atoms with Crippen molar-refractivity contribution in [2.75, 3.05) is 13.6 Å². The van der Waals surface area contributed by atoms with E-state index in [4.69, 9.17) is 10.7 Å². The molecule has 0 amide bonds. The Morgan fingerprint density at radius 3 is 2.27 bits per heavy atom. The second kappa shape index (κ2) is 8.96. The first-order chi connectivity index (χ1) is 5.18. The number of amidine groups is 1. The number of nitrogens with zero attached hydrogens (tertiary/aromatic N) is 2. The number of rotatable bonds is 2. The quantitative estimate of drug-likeness (QED) is 0.488. The molecule has 11 heavy (non-hydrogen) atoms. The standard InChI is InChI=1S/C6H11N3.C2H6/c1-6(8)9(2)5-3-4-7;1-2/h8H,3,5H2,1-2H3;1-2H3. The van der Waals surface area contributed by atoms with Gasteiger partial charge in [0.15, 0.2) is 0 Å². The summed E-state index contributed by atoms with van der Waals surface area (Å²) >= 11 is 0. The molecule has 0 bridgehead atoms. The van der Waals surface area contributed by atoms with Crippen molar-refractivity contribution < 1.29 is 0 Å². The third-order valence-corrected chi connectivity index (χ3v) is 1.13. The predicted molar refractivity (Wildman–Crippen MR) is 47.6 cm³/mol. The maximum atomic E-state index is 8.15. The van der Waals surface area contributed by atoms with Crippen molar-refractivity contribution in [1.29, 1.82) is 10.7 Å². The van der Waals surface area contributed by atoms with Crippen molar-refractivity contribution in [2.45, 2.75) is 27.2 Å². The van der Waals surface area contributed by atoms with Crippen LogP contribution in [0.4, 0.5) is 0 Å². The number of hydrogen-bond donors (Lipinski definition) is 1. The zero-order valence-corrected chi connectivity index (χ0v) is 7.81. The van der Waals surface area contributed by atoms with Crippen LogP contribution in [0.5, 0.6) is 0 Å². The van der Waals surface area contributed by atoms with Gasteiger partial charge in [0, 0.05) is 13.6 Å². The van der Waals surface area contributed by atoms with Gasteiger partial charge in [0.2, 0.25) is 0 Å². The summed E-state index contributed by atoms with van der Waals surface area (Å²) < 4.78 is 0. The Hall–Kier alpha value is -1.04. The summed E-state index contributed by atoms with van der Waals surface area (Å²) in [6.45, 7) is 6.36. The van der Waals surface area contributed by atoms with E-state index in [9.17, 15) is 0 Å².